The molecule has 0 radical (unpaired) electrons. The molecule has 0 aromatic heterocycles. The van der Waals surface area contributed by atoms with Gasteiger partial charge in [0.1, 0.15) is 0 Å². The number of alkyl halides is 1. The summed E-state index contributed by atoms with van der Waals surface area (Å²) in [6, 6.07) is 7.26. The molecule has 0 saturated carbocycles. The Hall–Kier alpha value is -0.500. The summed E-state index contributed by atoms with van der Waals surface area (Å²) >= 11 is 11.4. The van der Waals surface area contributed by atoms with Gasteiger partial charge in [0.15, 0.2) is 0 Å². The molecule has 0 aliphatic heterocycles. The highest BCUT2D eigenvalue weighted by molar-refractivity contribution is 6.30. The Bertz CT molecular complexity index is 357. The molecule has 17 heavy (non-hydrogen) atoms. The number of hydrogen-bond donors (Lipinski definition) is 1. The van der Waals surface area contributed by atoms with E-state index in [1.807, 2.05) is 25.1 Å². The first-order valence-corrected chi connectivity index (χ1v) is 6.71. The minimum absolute atomic E-state index is 0.553. The number of aliphatic hydroxyl groups is 1. The first-order chi connectivity index (χ1) is 8.13. The molecule has 1 aromatic rings. The first-order valence-electron chi connectivity index (χ1n) is 5.80. The third-order valence-electron chi connectivity index (χ3n) is 2.61. The van der Waals surface area contributed by atoms with Crippen LogP contribution in [0.25, 0.3) is 0 Å². The van der Waals surface area contributed by atoms with Gasteiger partial charge in [0, 0.05) is 10.9 Å². The number of aliphatic hydroxyl groups excluding tert-OH is 1. The van der Waals surface area contributed by atoms with Gasteiger partial charge in [-0.2, -0.15) is 0 Å². The van der Waals surface area contributed by atoms with Crippen LogP contribution in [-0.2, 0) is 0 Å². The SMILES string of the molecule is C/C(=C\[C@H](O)c1ccc(Cl)cc1)CCCCCl. The maximum Gasteiger partial charge on any atom is 0.0974 e. The summed E-state index contributed by atoms with van der Waals surface area (Å²) in [6.45, 7) is 2.04. The highest BCUT2D eigenvalue weighted by Gasteiger charge is 2.04. The van der Waals surface area contributed by atoms with Crippen molar-refractivity contribution in [2.75, 3.05) is 5.88 Å². The minimum Gasteiger partial charge on any atom is -0.384 e. The highest BCUT2D eigenvalue weighted by Crippen LogP contribution is 2.20. The van der Waals surface area contributed by atoms with Gasteiger partial charge < -0.3 is 5.11 Å². The van der Waals surface area contributed by atoms with E-state index in [9.17, 15) is 5.11 Å². The molecule has 1 N–H and O–H groups in total. The van der Waals surface area contributed by atoms with Crippen molar-refractivity contribution in [3.63, 3.8) is 0 Å². The van der Waals surface area contributed by atoms with E-state index in [0.29, 0.717) is 10.9 Å². The molecular formula is C14H18Cl2O. The van der Waals surface area contributed by atoms with Crippen LogP contribution in [0, 0.1) is 0 Å². The van der Waals surface area contributed by atoms with Crippen LogP contribution in [0.15, 0.2) is 35.9 Å². The zero-order valence-corrected chi connectivity index (χ0v) is 11.5. The second kappa shape index (κ2) is 7.75. The van der Waals surface area contributed by atoms with Gasteiger partial charge in [0.25, 0.3) is 0 Å². The second-order valence-corrected chi connectivity index (χ2v) is 4.97. The fourth-order valence-electron chi connectivity index (χ4n) is 1.61. The summed E-state index contributed by atoms with van der Waals surface area (Å²) in [5.41, 5.74) is 2.06. The predicted octanol–water partition coefficient (Wildman–Crippen LogP) is 4.73. The first kappa shape index (κ1) is 14.6. The van der Waals surface area contributed by atoms with Crippen LogP contribution in [0.1, 0.15) is 37.9 Å². The Morgan fingerprint density at radius 1 is 1.29 bits per heavy atom. The number of benzene rings is 1. The Morgan fingerprint density at radius 3 is 2.53 bits per heavy atom. The molecule has 1 aromatic carbocycles. The lowest BCUT2D eigenvalue weighted by molar-refractivity contribution is 0.227. The van der Waals surface area contributed by atoms with Crippen molar-refractivity contribution >= 4 is 23.2 Å². The summed E-state index contributed by atoms with van der Waals surface area (Å²) in [5.74, 6) is 0.701. The zero-order valence-electron chi connectivity index (χ0n) is 10.00. The van der Waals surface area contributed by atoms with Gasteiger partial charge >= 0.3 is 0 Å². The van der Waals surface area contributed by atoms with Crippen molar-refractivity contribution in [1.29, 1.82) is 0 Å². The molecule has 0 amide bonds. The fourth-order valence-corrected chi connectivity index (χ4v) is 1.92. The van der Waals surface area contributed by atoms with E-state index < -0.39 is 6.10 Å². The number of hydrogen-bond acceptors (Lipinski definition) is 1. The quantitative estimate of drug-likeness (QED) is 0.451. The van der Waals surface area contributed by atoms with E-state index in [1.54, 1.807) is 12.1 Å². The number of halogens is 2. The molecular weight excluding hydrogens is 255 g/mol. The van der Waals surface area contributed by atoms with Gasteiger partial charge in [0.05, 0.1) is 6.10 Å². The zero-order chi connectivity index (χ0) is 12.7. The van der Waals surface area contributed by atoms with E-state index in [-0.39, 0.29) is 0 Å². The standard InChI is InChI=1S/C14H18Cl2O/c1-11(4-2-3-9-15)10-14(17)12-5-7-13(16)8-6-12/h5-8,10,14,17H,2-4,9H2,1H3/b11-10+/t14-/m0/s1. The Kier molecular flexibility index (Phi) is 6.64. The molecule has 1 rings (SSSR count). The molecule has 0 spiro atoms. The fraction of sp³-hybridized carbons (Fsp3) is 0.429. The van der Waals surface area contributed by atoms with Crippen LogP contribution < -0.4 is 0 Å². The van der Waals surface area contributed by atoms with E-state index in [0.717, 1.165) is 24.8 Å². The van der Waals surface area contributed by atoms with Crippen LogP contribution in [0.4, 0.5) is 0 Å². The van der Waals surface area contributed by atoms with E-state index in [4.69, 9.17) is 23.2 Å². The van der Waals surface area contributed by atoms with Crippen LogP contribution in [-0.4, -0.2) is 11.0 Å². The van der Waals surface area contributed by atoms with Gasteiger partial charge in [0.2, 0.25) is 0 Å². The number of rotatable bonds is 6. The Labute approximate surface area is 113 Å². The smallest absolute Gasteiger partial charge is 0.0974 e. The van der Waals surface area contributed by atoms with Crippen molar-refractivity contribution in [2.24, 2.45) is 0 Å². The normalized spacial score (nSPS) is 13.8. The van der Waals surface area contributed by atoms with Crippen molar-refractivity contribution in [3.05, 3.63) is 46.5 Å². The lowest BCUT2D eigenvalue weighted by Gasteiger charge is -2.08. The van der Waals surface area contributed by atoms with Crippen LogP contribution in [0.3, 0.4) is 0 Å². The van der Waals surface area contributed by atoms with E-state index >= 15 is 0 Å². The topological polar surface area (TPSA) is 20.2 Å². The maximum absolute atomic E-state index is 9.99. The molecule has 0 fully saturated rings. The van der Waals surface area contributed by atoms with Gasteiger partial charge in [-0.1, -0.05) is 35.4 Å². The van der Waals surface area contributed by atoms with Gasteiger partial charge in [-0.05, 0) is 43.9 Å². The minimum atomic E-state index is -0.553. The Balaban J connectivity index is 2.54. The molecule has 1 nitrogen and oxygen atoms in total. The van der Waals surface area contributed by atoms with E-state index in [2.05, 4.69) is 0 Å². The molecule has 0 heterocycles. The summed E-state index contributed by atoms with van der Waals surface area (Å²) in [6.07, 6.45) is 4.40. The monoisotopic (exact) mass is 272 g/mol. The summed E-state index contributed by atoms with van der Waals surface area (Å²) in [7, 11) is 0. The predicted molar refractivity (Wildman–Crippen MR) is 74.7 cm³/mol. The summed E-state index contributed by atoms with van der Waals surface area (Å²) in [5, 5.41) is 10.7. The molecule has 0 aliphatic carbocycles. The molecule has 1 atom stereocenters. The average Bonchev–Trinajstić information content (AvgIpc) is 2.30. The number of unbranched alkanes of at least 4 members (excludes halogenated alkanes) is 1. The summed E-state index contributed by atoms with van der Waals surface area (Å²) in [4.78, 5) is 0. The molecule has 94 valence electrons. The van der Waals surface area contributed by atoms with Gasteiger partial charge in [-0.3, -0.25) is 0 Å². The van der Waals surface area contributed by atoms with Crippen molar-refractivity contribution in [1.82, 2.24) is 0 Å². The maximum atomic E-state index is 9.99. The van der Waals surface area contributed by atoms with Crippen molar-refractivity contribution in [3.8, 4) is 0 Å². The largest absolute Gasteiger partial charge is 0.384 e. The third kappa shape index (κ3) is 5.58. The van der Waals surface area contributed by atoms with Crippen LogP contribution in [0.2, 0.25) is 5.02 Å². The van der Waals surface area contributed by atoms with Gasteiger partial charge in [-0.15, -0.1) is 11.6 Å². The average molecular weight is 273 g/mol. The van der Waals surface area contributed by atoms with Gasteiger partial charge in [-0.25, -0.2) is 0 Å². The van der Waals surface area contributed by atoms with Crippen LogP contribution >= 0.6 is 23.2 Å². The molecule has 0 bridgehead atoms. The molecule has 3 heteroatoms. The summed E-state index contributed by atoms with van der Waals surface area (Å²) < 4.78 is 0. The van der Waals surface area contributed by atoms with E-state index in [1.165, 1.54) is 5.57 Å². The lowest BCUT2D eigenvalue weighted by atomic mass is 10.0. The van der Waals surface area contributed by atoms with Crippen molar-refractivity contribution < 1.29 is 5.11 Å². The third-order valence-corrected chi connectivity index (χ3v) is 3.13. The Morgan fingerprint density at radius 2 is 1.94 bits per heavy atom. The molecule has 0 aliphatic rings. The molecule has 0 saturated heterocycles. The molecule has 0 unspecified atom stereocenters. The highest BCUT2D eigenvalue weighted by atomic mass is 35.5. The lowest BCUT2D eigenvalue weighted by Crippen LogP contribution is -1.94. The second-order valence-electron chi connectivity index (χ2n) is 4.16. The number of allylic oxidation sites excluding steroid dienone is 1. The van der Waals surface area contributed by atoms with Crippen molar-refractivity contribution in [2.45, 2.75) is 32.3 Å². The van der Waals surface area contributed by atoms with Crippen LogP contribution in [0.5, 0.6) is 0 Å².